The molecule has 2 aliphatic rings. The first-order valence-corrected chi connectivity index (χ1v) is 8.61. The molecule has 0 N–H and O–H groups in total. The number of urea groups is 1. The molecule has 0 aromatic heterocycles. The third-order valence-corrected chi connectivity index (χ3v) is 5.06. The van der Waals surface area contributed by atoms with Crippen LogP contribution < -0.4 is 0 Å². The second-order valence-corrected chi connectivity index (χ2v) is 6.76. The Kier molecular flexibility index (Phi) is 5.16. The van der Waals surface area contributed by atoms with E-state index in [2.05, 4.69) is 11.9 Å². The van der Waals surface area contributed by atoms with Crippen LogP contribution in [0.2, 0.25) is 0 Å². The van der Waals surface area contributed by atoms with Gasteiger partial charge in [0.25, 0.3) is 0 Å². The van der Waals surface area contributed by atoms with E-state index in [1.807, 2.05) is 21.9 Å². The lowest BCUT2D eigenvalue weighted by Gasteiger charge is -2.36. The number of rotatable bonds is 1. The van der Waals surface area contributed by atoms with Gasteiger partial charge in [0, 0.05) is 45.2 Å². The van der Waals surface area contributed by atoms with Gasteiger partial charge in [0.15, 0.2) is 0 Å². The highest BCUT2D eigenvalue weighted by atomic mass is 19.1. The predicted molar refractivity (Wildman–Crippen MR) is 89.0 cm³/mol. The van der Waals surface area contributed by atoms with E-state index in [-0.39, 0.29) is 11.8 Å². The number of hydrogen-bond acceptors (Lipinski definition) is 2. The molecular weight excluding hydrogens is 293 g/mol. The minimum absolute atomic E-state index is 0.173. The predicted octanol–water partition coefficient (Wildman–Crippen LogP) is 2.76. The number of amides is 2. The molecule has 0 unspecified atom stereocenters. The number of carbonyl (C=O) groups is 1. The van der Waals surface area contributed by atoms with Gasteiger partial charge in [-0.1, -0.05) is 18.6 Å². The fourth-order valence-electron chi connectivity index (χ4n) is 3.52. The minimum atomic E-state index is -0.201. The van der Waals surface area contributed by atoms with E-state index >= 15 is 0 Å². The summed E-state index contributed by atoms with van der Waals surface area (Å²) in [5.41, 5.74) is 1.14. The number of benzene rings is 1. The molecule has 126 valence electrons. The van der Waals surface area contributed by atoms with Gasteiger partial charge in [0.2, 0.25) is 0 Å². The smallest absolute Gasteiger partial charge is 0.320 e. The van der Waals surface area contributed by atoms with Crippen molar-refractivity contribution in [3.05, 3.63) is 35.6 Å². The molecule has 1 aromatic rings. The van der Waals surface area contributed by atoms with Crippen molar-refractivity contribution in [2.75, 3.05) is 46.3 Å². The van der Waals surface area contributed by atoms with Crippen molar-refractivity contribution >= 4 is 6.03 Å². The molecule has 5 heteroatoms. The van der Waals surface area contributed by atoms with Crippen LogP contribution in [-0.4, -0.2) is 67.0 Å². The molecule has 0 radical (unpaired) electrons. The summed E-state index contributed by atoms with van der Waals surface area (Å²) in [6, 6.07) is 6.94. The fourth-order valence-corrected chi connectivity index (χ4v) is 3.52. The summed E-state index contributed by atoms with van der Waals surface area (Å²) in [6.07, 6.45) is 3.24. The van der Waals surface area contributed by atoms with Gasteiger partial charge in [-0.2, -0.15) is 0 Å². The van der Waals surface area contributed by atoms with Gasteiger partial charge in [-0.25, -0.2) is 9.18 Å². The molecule has 1 aromatic carbocycles. The highest BCUT2D eigenvalue weighted by molar-refractivity contribution is 5.74. The Hall–Kier alpha value is -1.62. The highest BCUT2D eigenvalue weighted by Gasteiger charge is 2.28. The number of nitrogens with zero attached hydrogens (tertiary/aromatic N) is 3. The highest BCUT2D eigenvalue weighted by Crippen LogP contribution is 2.27. The molecular formula is C18H26FN3O. The van der Waals surface area contributed by atoms with E-state index in [9.17, 15) is 9.18 Å². The summed E-state index contributed by atoms with van der Waals surface area (Å²) >= 11 is 0. The van der Waals surface area contributed by atoms with Gasteiger partial charge in [-0.3, -0.25) is 0 Å². The maximum absolute atomic E-state index is 13.1. The molecule has 2 saturated heterocycles. The zero-order valence-electron chi connectivity index (χ0n) is 13.9. The standard InChI is InChI=1S/C18H26FN3O/c1-20-10-12-21(13-11-20)18(23)22-9-3-2-4-16(14-22)15-5-7-17(19)8-6-15/h5-8,16H,2-4,9-14H2,1H3/t16-/m0/s1. The Labute approximate surface area is 137 Å². The maximum Gasteiger partial charge on any atom is 0.320 e. The molecule has 0 saturated carbocycles. The topological polar surface area (TPSA) is 26.8 Å². The summed E-state index contributed by atoms with van der Waals surface area (Å²) in [6.45, 7) is 5.10. The van der Waals surface area contributed by atoms with Crippen molar-refractivity contribution in [1.82, 2.24) is 14.7 Å². The first-order chi connectivity index (χ1) is 11.1. The van der Waals surface area contributed by atoms with Crippen LogP contribution in [0.4, 0.5) is 9.18 Å². The molecule has 0 aliphatic carbocycles. The number of halogens is 1. The number of hydrogen-bond donors (Lipinski definition) is 0. The first-order valence-electron chi connectivity index (χ1n) is 8.61. The lowest BCUT2D eigenvalue weighted by molar-refractivity contribution is 0.122. The van der Waals surface area contributed by atoms with Gasteiger partial charge in [0.1, 0.15) is 5.82 Å². The second kappa shape index (κ2) is 7.30. The monoisotopic (exact) mass is 319 g/mol. The average Bonchev–Trinajstić information content (AvgIpc) is 2.82. The molecule has 0 spiro atoms. The maximum atomic E-state index is 13.1. The molecule has 2 aliphatic heterocycles. The SMILES string of the molecule is CN1CCN(C(=O)N2CCCC[C@H](c3ccc(F)cc3)C2)CC1. The van der Waals surface area contributed by atoms with Crippen LogP contribution in [-0.2, 0) is 0 Å². The van der Waals surface area contributed by atoms with Crippen molar-refractivity contribution in [1.29, 1.82) is 0 Å². The van der Waals surface area contributed by atoms with Crippen LogP contribution in [0.25, 0.3) is 0 Å². The number of piperazine rings is 1. The summed E-state index contributed by atoms with van der Waals surface area (Å²) in [4.78, 5) is 19.1. The van der Waals surface area contributed by atoms with E-state index in [0.717, 1.165) is 64.1 Å². The Balaban J connectivity index is 1.67. The van der Waals surface area contributed by atoms with Gasteiger partial charge < -0.3 is 14.7 Å². The van der Waals surface area contributed by atoms with Gasteiger partial charge >= 0.3 is 6.03 Å². The number of likely N-dealkylation sites (N-methyl/N-ethyl adjacent to an activating group) is 1. The van der Waals surface area contributed by atoms with E-state index < -0.39 is 0 Å². The zero-order valence-corrected chi connectivity index (χ0v) is 13.9. The van der Waals surface area contributed by atoms with Crippen molar-refractivity contribution in [3.63, 3.8) is 0 Å². The Morgan fingerprint density at radius 1 is 1.00 bits per heavy atom. The number of likely N-dealkylation sites (tertiary alicyclic amines) is 1. The summed E-state index contributed by atoms with van der Waals surface area (Å²) in [5.74, 6) is 0.113. The van der Waals surface area contributed by atoms with Crippen LogP contribution in [0.15, 0.2) is 24.3 Å². The van der Waals surface area contributed by atoms with E-state index in [4.69, 9.17) is 0 Å². The molecule has 3 rings (SSSR count). The van der Waals surface area contributed by atoms with E-state index in [1.165, 1.54) is 12.1 Å². The van der Waals surface area contributed by atoms with Crippen LogP contribution in [0.5, 0.6) is 0 Å². The van der Waals surface area contributed by atoms with Crippen LogP contribution in [0.3, 0.4) is 0 Å². The van der Waals surface area contributed by atoms with Crippen LogP contribution >= 0.6 is 0 Å². The van der Waals surface area contributed by atoms with E-state index in [0.29, 0.717) is 5.92 Å². The normalized spacial score (nSPS) is 23.7. The molecule has 23 heavy (non-hydrogen) atoms. The summed E-state index contributed by atoms with van der Waals surface area (Å²) in [7, 11) is 2.10. The lowest BCUT2D eigenvalue weighted by atomic mass is 9.94. The Morgan fingerprint density at radius 3 is 2.39 bits per heavy atom. The summed E-state index contributed by atoms with van der Waals surface area (Å²) < 4.78 is 13.1. The molecule has 2 amide bonds. The van der Waals surface area contributed by atoms with Crippen molar-refractivity contribution < 1.29 is 9.18 Å². The quantitative estimate of drug-likeness (QED) is 0.796. The third kappa shape index (κ3) is 4.02. The largest absolute Gasteiger partial charge is 0.324 e. The Morgan fingerprint density at radius 2 is 1.70 bits per heavy atom. The summed E-state index contributed by atoms with van der Waals surface area (Å²) in [5, 5.41) is 0. The average molecular weight is 319 g/mol. The van der Waals surface area contributed by atoms with Crippen molar-refractivity contribution in [2.24, 2.45) is 0 Å². The lowest BCUT2D eigenvalue weighted by Crippen LogP contribution is -2.52. The van der Waals surface area contributed by atoms with Crippen LogP contribution in [0, 0.1) is 5.82 Å². The Bertz CT molecular complexity index is 526. The van der Waals surface area contributed by atoms with E-state index in [1.54, 1.807) is 0 Å². The van der Waals surface area contributed by atoms with Gasteiger partial charge in [0.05, 0.1) is 0 Å². The zero-order chi connectivity index (χ0) is 16.2. The van der Waals surface area contributed by atoms with Gasteiger partial charge in [-0.05, 0) is 37.6 Å². The van der Waals surface area contributed by atoms with Crippen molar-refractivity contribution in [2.45, 2.75) is 25.2 Å². The molecule has 1 atom stereocenters. The fraction of sp³-hybridized carbons (Fsp3) is 0.611. The molecule has 2 heterocycles. The van der Waals surface area contributed by atoms with Crippen molar-refractivity contribution in [3.8, 4) is 0 Å². The molecule has 0 bridgehead atoms. The minimum Gasteiger partial charge on any atom is -0.324 e. The first kappa shape index (κ1) is 16.2. The molecule has 4 nitrogen and oxygen atoms in total. The van der Waals surface area contributed by atoms with Gasteiger partial charge in [-0.15, -0.1) is 0 Å². The van der Waals surface area contributed by atoms with Crippen LogP contribution in [0.1, 0.15) is 30.7 Å². The third-order valence-electron chi connectivity index (χ3n) is 5.06. The second-order valence-electron chi connectivity index (χ2n) is 6.76. The molecule has 2 fully saturated rings. The number of carbonyl (C=O) groups excluding carboxylic acids is 1.